The van der Waals surface area contributed by atoms with Gasteiger partial charge in [0.1, 0.15) is 0 Å². The molecule has 3 rings (SSSR count). The molecule has 1 aromatic heterocycles. The van der Waals surface area contributed by atoms with Crippen molar-refractivity contribution in [2.75, 3.05) is 5.73 Å². The maximum Gasteiger partial charge on any atom is 0.0377 e. The van der Waals surface area contributed by atoms with Crippen LogP contribution in [0.2, 0.25) is 0 Å². The fraction of sp³-hybridized carbons (Fsp3) is 0.312. The number of benzene rings is 1. The number of rotatable bonds is 3. The van der Waals surface area contributed by atoms with E-state index in [0.717, 1.165) is 24.1 Å². The molecule has 2 heteroatoms. The first-order valence-corrected chi connectivity index (χ1v) is 6.62. The van der Waals surface area contributed by atoms with E-state index < -0.39 is 0 Å². The van der Waals surface area contributed by atoms with E-state index in [0.29, 0.717) is 0 Å². The zero-order valence-corrected chi connectivity index (χ0v) is 10.5. The van der Waals surface area contributed by atoms with Crippen LogP contribution in [0.4, 0.5) is 5.69 Å². The molecule has 0 aliphatic heterocycles. The van der Waals surface area contributed by atoms with Crippen molar-refractivity contribution in [2.24, 2.45) is 0 Å². The summed E-state index contributed by atoms with van der Waals surface area (Å²) in [7, 11) is 0. The van der Waals surface area contributed by atoms with Crippen LogP contribution in [0.15, 0.2) is 36.7 Å². The van der Waals surface area contributed by atoms with Gasteiger partial charge >= 0.3 is 0 Å². The van der Waals surface area contributed by atoms with Crippen molar-refractivity contribution in [3.63, 3.8) is 0 Å². The average molecular weight is 238 g/mol. The summed E-state index contributed by atoms with van der Waals surface area (Å²) in [6.07, 6.45) is 9.45. The van der Waals surface area contributed by atoms with Crippen LogP contribution in [0.3, 0.4) is 0 Å². The molecular formula is C16H18N2. The summed E-state index contributed by atoms with van der Waals surface area (Å²) in [4.78, 5) is 4.14. The highest BCUT2D eigenvalue weighted by atomic mass is 14.7. The molecule has 0 spiro atoms. The minimum atomic E-state index is 0.853. The molecule has 1 aliphatic rings. The molecule has 1 aromatic carbocycles. The largest absolute Gasteiger partial charge is 0.398 e. The van der Waals surface area contributed by atoms with E-state index in [-0.39, 0.29) is 0 Å². The first-order valence-electron chi connectivity index (χ1n) is 6.62. The van der Waals surface area contributed by atoms with Crippen molar-refractivity contribution in [2.45, 2.75) is 32.1 Å². The molecule has 0 saturated carbocycles. The van der Waals surface area contributed by atoms with Crippen molar-refractivity contribution >= 4 is 5.69 Å². The second-order valence-electron chi connectivity index (χ2n) is 5.03. The van der Waals surface area contributed by atoms with E-state index >= 15 is 0 Å². The number of anilines is 1. The van der Waals surface area contributed by atoms with Crippen LogP contribution in [0.5, 0.6) is 0 Å². The van der Waals surface area contributed by atoms with Crippen LogP contribution in [0.1, 0.15) is 28.7 Å². The number of aryl methyl sites for hydroxylation is 4. The summed E-state index contributed by atoms with van der Waals surface area (Å²) >= 11 is 0. The van der Waals surface area contributed by atoms with Gasteiger partial charge in [0.15, 0.2) is 0 Å². The maximum atomic E-state index is 5.93. The Morgan fingerprint density at radius 1 is 1.06 bits per heavy atom. The lowest BCUT2D eigenvalue weighted by atomic mass is 10.0. The Hall–Kier alpha value is -1.83. The molecule has 0 bridgehead atoms. The Morgan fingerprint density at radius 2 is 1.94 bits per heavy atom. The third-order valence-electron chi connectivity index (χ3n) is 3.79. The fourth-order valence-electron chi connectivity index (χ4n) is 2.71. The van der Waals surface area contributed by atoms with E-state index in [9.17, 15) is 0 Å². The number of nitrogens with two attached hydrogens (primary N) is 1. The minimum absolute atomic E-state index is 0.853. The second kappa shape index (κ2) is 4.81. The Kier molecular flexibility index (Phi) is 3.01. The van der Waals surface area contributed by atoms with Gasteiger partial charge in [-0.25, -0.2) is 0 Å². The summed E-state index contributed by atoms with van der Waals surface area (Å²) in [5.41, 5.74) is 12.4. The number of aromatic nitrogens is 1. The van der Waals surface area contributed by atoms with Gasteiger partial charge < -0.3 is 5.73 Å². The summed E-state index contributed by atoms with van der Waals surface area (Å²) in [5.74, 6) is 0. The van der Waals surface area contributed by atoms with Gasteiger partial charge in [-0.2, -0.15) is 0 Å². The highest BCUT2D eigenvalue weighted by Crippen LogP contribution is 2.23. The van der Waals surface area contributed by atoms with Crippen molar-refractivity contribution in [3.05, 3.63) is 58.9 Å². The van der Waals surface area contributed by atoms with Crippen LogP contribution in [0, 0.1) is 0 Å². The van der Waals surface area contributed by atoms with Gasteiger partial charge in [-0.05, 0) is 60.4 Å². The molecule has 1 heterocycles. The van der Waals surface area contributed by atoms with E-state index in [1.165, 1.54) is 24.8 Å². The topological polar surface area (TPSA) is 38.9 Å². The van der Waals surface area contributed by atoms with E-state index in [1.807, 2.05) is 12.3 Å². The quantitative estimate of drug-likeness (QED) is 0.893. The molecule has 0 unspecified atom stereocenters. The molecule has 18 heavy (non-hydrogen) atoms. The predicted octanol–water partition coefficient (Wildman–Crippen LogP) is 2.94. The SMILES string of the molecule is Nc1ccncc1CCc1ccc2c(c1)CCC2. The van der Waals surface area contributed by atoms with Gasteiger partial charge in [0.25, 0.3) is 0 Å². The highest BCUT2D eigenvalue weighted by molar-refractivity contribution is 5.45. The Labute approximate surface area is 108 Å². The molecule has 2 N–H and O–H groups in total. The van der Waals surface area contributed by atoms with Gasteiger partial charge in [-0.3, -0.25) is 4.98 Å². The molecule has 0 fully saturated rings. The zero-order valence-electron chi connectivity index (χ0n) is 10.5. The smallest absolute Gasteiger partial charge is 0.0377 e. The number of hydrogen-bond donors (Lipinski definition) is 1. The summed E-state index contributed by atoms with van der Waals surface area (Å²) in [6, 6.07) is 8.80. The Morgan fingerprint density at radius 3 is 2.83 bits per heavy atom. The number of nitrogens with zero attached hydrogens (tertiary/aromatic N) is 1. The second-order valence-corrected chi connectivity index (χ2v) is 5.03. The first-order chi connectivity index (χ1) is 8.83. The molecule has 2 nitrogen and oxygen atoms in total. The predicted molar refractivity (Wildman–Crippen MR) is 74.5 cm³/mol. The normalized spacial score (nSPS) is 13.6. The van der Waals surface area contributed by atoms with Crippen molar-refractivity contribution in [3.8, 4) is 0 Å². The lowest BCUT2D eigenvalue weighted by Gasteiger charge is -2.07. The zero-order chi connectivity index (χ0) is 12.4. The standard InChI is InChI=1S/C16H18N2/c17-16-8-9-18-11-15(16)7-5-12-4-6-13-2-1-3-14(13)10-12/h4,6,8-11H,1-3,5,7H2,(H2,17,18). The number of pyridine rings is 1. The van der Waals surface area contributed by atoms with Gasteiger partial charge in [-0.15, -0.1) is 0 Å². The van der Waals surface area contributed by atoms with E-state index in [4.69, 9.17) is 5.73 Å². The molecule has 2 aromatic rings. The fourth-order valence-corrected chi connectivity index (χ4v) is 2.71. The van der Waals surface area contributed by atoms with Gasteiger partial charge in [0.2, 0.25) is 0 Å². The first kappa shape index (κ1) is 11.3. The number of hydrogen-bond acceptors (Lipinski definition) is 2. The minimum Gasteiger partial charge on any atom is -0.398 e. The molecule has 0 saturated heterocycles. The lowest BCUT2D eigenvalue weighted by Crippen LogP contribution is -1.98. The van der Waals surface area contributed by atoms with E-state index in [2.05, 4.69) is 23.2 Å². The van der Waals surface area contributed by atoms with E-state index in [1.54, 1.807) is 17.3 Å². The third kappa shape index (κ3) is 2.23. The van der Waals surface area contributed by atoms with Crippen molar-refractivity contribution in [1.82, 2.24) is 4.98 Å². The van der Waals surface area contributed by atoms with Crippen molar-refractivity contribution < 1.29 is 0 Å². The van der Waals surface area contributed by atoms with Gasteiger partial charge in [0, 0.05) is 18.1 Å². The highest BCUT2D eigenvalue weighted by Gasteiger charge is 2.10. The molecule has 1 aliphatic carbocycles. The summed E-state index contributed by atoms with van der Waals surface area (Å²) in [5, 5.41) is 0. The molecular weight excluding hydrogens is 220 g/mol. The monoisotopic (exact) mass is 238 g/mol. The molecule has 0 radical (unpaired) electrons. The van der Waals surface area contributed by atoms with Gasteiger partial charge in [0.05, 0.1) is 0 Å². The van der Waals surface area contributed by atoms with Crippen LogP contribution < -0.4 is 5.73 Å². The average Bonchev–Trinajstić information content (AvgIpc) is 2.85. The molecule has 0 atom stereocenters. The van der Waals surface area contributed by atoms with Gasteiger partial charge in [-0.1, -0.05) is 18.2 Å². The lowest BCUT2D eigenvalue weighted by molar-refractivity contribution is 0.910. The van der Waals surface area contributed by atoms with Crippen LogP contribution in [-0.2, 0) is 25.7 Å². The summed E-state index contributed by atoms with van der Waals surface area (Å²) < 4.78 is 0. The third-order valence-corrected chi connectivity index (χ3v) is 3.79. The van der Waals surface area contributed by atoms with Crippen LogP contribution in [0.25, 0.3) is 0 Å². The molecule has 92 valence electrons. The number of nitrogen functional groups attached to an aromatic ring is 1. The molecule has 0 amide bonds. The van der Waals surface area contributed by atoms with Crippen LogP contribution >= 0.6 is 0 Å². The van der Waals surface area contributed by atoms with Crippen LogP contribution in [-0.4, -0.2) is 4.98 Å². The number of fused-ring (bicyclic) bond motifs is 1. The summed E-state index contributed by atoms with van der Waals surface area (Å²) in [6.45, 7) is 0. The maximum absolute atomic E-state index is 5.93. The Bertz CT molecular complexity index is 561. The van der Waals surface area contributed by atoms with Crippen molar-refractivity contribution in [1.29, 1.82) is 0 Å². The Balaban J connectivity index is 1.72.